The summed E-state index contributed by atoms with van der Waals surface area (Å²) >= 11 is 0. The van der Waals surface area contributed by atoms with Crippen LogP contribution in [0.4, 0.5) is 23.7 Å². The molecule has 0 unspecified atom stereocenters. The second-order valence-electron chi connectivity index (χ2n) is 9.73. The molecule has 0 aliphatic carbocycles. The van der Waals surface area contributed by atoms with E-state index in [4.69, 9.17) is 9.47 Å². The number of hydrogen-bond acceptors (Lipinski definition) is 6. The van der Waals surface area contributed by atoms with E-state index in [0.29, 0.717) is 25.9 Å². The van der Waals surface area contributed by atoms with Crippen molar-refractivity contribution in [3.63, 3.8) is 0 Å². The summed E-state index contributed by atoms with van der Waals surface area (Å²) in [7, 11) is 0. The molecular weight excluding hydrogens is 539 g/mol. The first-order valence-corrected chi connectivity index (χ1v) is 12.8. The first kappa shape index (κ1) is 28.8. The molecule has 0 radical (unpaired) electrons. The number of cyclic esters (lactones) is 1. The Morgan fingerprint density at radius 3 is 2.49 bits per heavy atom. The Bertz CT molecular complexity index is 1170. The van der Waals surface area contributed by atoms with Gasteiger partial charge in [0.25, 0.3) is 0 Å². The van der Waals surface area contributed by atoms with E-state index in [9.17, 15) is 22.8 Å². The third-order valence-electron chi connectivity index (χ3n) is 7.18. The van der Waals surface area contributed by atoms with E-state index < -0.39 is 18.2 Å². The third kappa shape index (κ3) is 7.07. The molecule has 2 saturated heterocycles. The van der Waals surface area contributed by atoms with E-state index in [-0.39, 0.29) is 54.8 Å². The van der Waals surface area contributed by atoms with Crippen LogP contribution >= 0.6 is 12.4 Å². The van der Waals surface area contributed by atoms with Crippen LogP contribution in [0.15, 0.2) is 42.5 Å². The summed E-state index contributed by atoms with van der Waals surface area (Å²) in [6, 6.07) is 11.7. The van der Waals surface area contributed by atoms with Gasteiger partial charge in [0, 0.05) is 36.3 Å². The molecule has 8 nitrogen and oxygen atoms in total. The lowest BCUT2D eigenvalue weighted by Gasteiger charge is -2.40. The molecule has 39 heavy (non-hydrogen) atoms. The number of nitrogens with zero attached hydrogens (tertiary/aromatic N) is 2. The number of piperidine rings is 2. The number of carbonyl (C=O) groups is 2. The lowest BCUT2D eigenvalue weighted by Crippen LogP contribution is -2.50. The van der Waals surface area contributed by atoms with Gasteiger partial charge in [-0.05, 0) is 50.9 Å². The van der Waals surface area contributed by atoms with Crippen LogP contribution in [0.3, 0.4) is 0 Å². The van der Waals surface area contributed by atoms with Crippen molar-refractivity contribution in [3.8, 4) is 11.5 Å². The fourth-order valence-corrected chi connectivity index (χ4v) is 5.25. The number of alkyl halides is 3. The number of nitrogens with one attached hydrogen (secondary N) is 1. The van der Waals surface area contributed by atoms with Crippen molar-refractivity contribution in [2.24, 2.45) is 0 Å². The molecule has 2 aromatic rings. The van der Waals surface area contributed by atoms with Crippen molar-refractivity contribution in [1.82, 2.24) is 10.2 Å². The number of ether oxygens (including phenoxy) is 3. The van der Waals surface area contributed by atoms with Gasteiger partial charge in [-0.3, -0.25) is 9.69 Å². The number of rotatable bonds is 6. The van der Waals surface area contributed by atoms with Crippen molar-refractivity contribution in [2.75, 3.05) is 31.1 Å². The molecule has 12 heteroatoms. The van der Waals surface area contributed by atoms with Crippen LogP contribution in [0, 0.1) is 0 Å². The number of anilines is 1. The molecule has 2 aromatic carbocycles. The minimum Gasteiger partial charge on any atom is -0.490 e. The zero-order chi connectivity index (χ0) is 26.7. The van der Waals surface area contributed by atoms with Gasteiger partial charge >= 0.3 is 12.5 Å². The zero-order valence-electron chi connectivity index (χ0n) is 21.2. The van der Waals surface area contributed by atoms with E-state index in [2.05, 4.69) is 10.1 Å². The van der Waals surface area contributed by atoms with Gasteiger partial charge in [-0.1, -0.05) is 24.3 Å². The van der Waals surface area contributed by atoms with Gasteiger partial charge in [-0.2, -0.15) is 0 Å². The van der Waals surface area contributed by atoms with Crippen LogP contribution < -0.4 is 19.7 Å². The number of halogens is 4. The highest BCUT2D eigenvalue weighted by molar-refractivity contribution is 5.91. The summed E-state index contributed by atoms with van der Waals surface area (Å²) in [5.74, 6) is -0.453. The minimum absolute atomic E-state index is 0. The van der Waals surface area contributed by atoms with E-state index in [1.807, 2.05) is 24.3 Å². The van der Waals surface area contributed by atoms with Crippen molar-refractivity contribution in [2.45, 2.75) is 57.2 Å². The number of para-hydroxylation sites is 1. The first-order chi connectivity index (χ1) is 18.3. The van der Waals surface area contributed by atoms with Crippen molar-refractivity contribution >= 4 is 30.1 Å². The second kappa shape index (κ2) is 12.3. The number of carbonyl (C=O) groups excluding carboxylic acids is 2. The fourth-order valence-electron chi connectivity index (χ4n) is 5.25. The topological polar surface area (TPSA) is 80.3 Å². The van der Waals surface area contributed by atoms with Crippen LogP contribution in [-0.4, -0.2) is 61.6 Å². The molecular formula is C27H31ClF3N3O5. The maximum Gasteiger partial charge on any atom is 0.573 e. The van der Waals surface area contributed by atoms with Crippen LogP contribution in [-0.2, 0) is 22.6 Å². The Balaban J connectivity index is 0.00000353. The predicted molar refractivity (Wildman–Crippen MR) is 139 cm³/mol. The Morgan fingerprint density at radius 1 is 1.05 bits per heavy atom. The number of amides is 2. The van der Waals surface area contributed by atoms with Gasteiger partial charge in [0.2, 0.25) is 5.91 Å². The van der Waals surface area contributed by atoms with Gasteiger partial charge in [-0.25, -0.2) is 4.79 Å². The SMILES string of the molecule is Cl.O=C(Cc1ccc(OC2CCNCC2)cc1OC(F)(F)F)N1CCC(N2C(=O)OCc3ccccc32)CC1. The summed E-state index contributed by atoms with van der Waals surface area (Å²) < 4.78 is 54.9. The highest BCUT2D eigenvalue weighted by Gasteiger charge is 2.36. The molecule has 3 aliphatic rings. The summed E-state index contributed by atoms with van der Waals surface area (Å²) in [5, 5.41) is 3.21. The minimum atomic E-state index is -4.90. The maximum absolute atomic E-state index is 13.2. The quantitative estimate of drug-likeness (QED) is 0.537. The first-order valence-electron chi connectivity index (χ1n) is 12.8. The standard InChI is InChI=1S/C27H30F3N3O5.ClH/c28-27(29,30)38-24-16-22(37-21-7-11-31-12-8-21)6-5-18(24)15-25(34)32-13-9-20(10-14-32)33-23-4-2-1-3-19(23)17-36-26(33)35;/h1-6,16,20-21,31H,7-15,17H2;1H. The summed E-state index contributed by atoms with van der Waals surface area (Å²) in [4.78, 5) is 28.9. The highest BCUT2D eigenvalue weighted by Crippen LogP contribution is 2.34. The smallest absolute Gasteiger partial charge is 0.490 e. The number of fused-ring (bicyclic) bond motifs is 1. The number of benzene rings is 2. The van der Waals surface area contributed by atoms with E-state index >= 15 is 0 Å². The van der Waals surface area contributed by atoms with Crippen molar-refractivity contribution in [1.29, 1.82) is 0 Å². The molecule has 0 spiro atoms. The molecule has 0 aromatic heterocycles. The van der Waals surface area contributed by atoms with Gasteiger partial charge in [-0.15, -0.1) is 25.6 Å². The molecule has 0 saturated carbocycles. The van der Waals surface area contributed by atoms with Crippen molar-refractivity contribution < 1.29 is 37.0 Å². The van der Waals surface area contributed by atoms with Gasteiger partial charge in [0.15, 0.2) is 0 Å². The Labute approximate surface area is 230 Å². The highest BCUT2D eigenvalue weighted by atomic mass is 35.5. The van der Waals surface area contributed by atoms with Crippen LogP contribution in [0.5, 0.6) is 11.5 Å². The Morgan fingerprint density at radius 2 is 1.77 bits per heavy atom. The molecule has 2 fully saturated rings. The van der Waals surface area contributed by atoms with Crippen LogP contribution in [0.1, 0.15) is 36.8 Å². The lowest BCUT2D eigenvalue weighted by molar-refractivity contribution is -0.275. The Kier molecular flexibility index (Phi) is 9.12. The maximum atomic E-state index is 13.2. The largest absolute Gasteiger partial charge is 0.573 e. The van der Waals surface area contributed by atoms with Crippen molar-refractivity contribution in [3.05, 3.63) is 53.6 Å². The summed E-state index contributed by atoms with van der Waals surface area (Å²) in [6.07, 6.45) is -3.06. The number of likely N-dealkylation sites (tertiary alicyclic amines) is 1. The molecule has 0 bridgehead atoms. The van der Waals surface area contributed by atoms with Gasteiger partial charge in [0.1, 0.15) is 24.2 Å². The zero-order valence-corrected chi connectivity index (χ0v) is 22.1. The van der Waals surface area contributed by atoms with E-state index in [1.54, 1.807) is 15.9 Å². The van der Waals surface area contributed by atoms with Crippen LogP contribution in [0.2, 0.25) is 0 Å². The summed E-state index contributed by atoms with van der Waals surface area (Å²) in [6.45, 7) is 2.55. The predicted octanol–water partition coefficient (Wildman–Crippen LogP) is 4.83. The molecule has 0 atom stereocenters. The second-order valence-corrected chi connectivity index (χ2v) is 9.73. The third-order valence-corrected chi connectivity index (χ3v) is 7.18. The average molecular weight is 570 g/mol. The van der Waals surface area contributed by atoms with Gasteiger partial charge < -0.3 is 24.4 Å². The number of hydrogen-bond donors (Lipinski definition) is 1. The molecule has 2 amide bonds. The lowest BCUT2D eigenvalue weighted by atomic mass is 10.00. The van der Waals surface area contributed by atoms with Gasteiger partial charge in [0.05, 0.1) is 12.1 Å². The molecule has 3 aliphatic heterocycles. The van der Waals surface area contributed by atoms with Crippen LogP contribution in [0.25, 0.3) is 0 Å². The average Bonchev–Trinajstić information content (AvgIpc) is 2.90. The normalized spacial score (nSPS) is 18.6. The Hall–Kier alpha value is -3.18. The fraction of sp³-hybridized carbons (Fsp3) is 0.481. The molecule has 5 rings (SSSR count). The molecule has 212 valence electrons. The van der Waals surface area contributed by atoms with E-state index in [0.717, 1.165) is 37.2 Å². The monoisotopic (exact) mass is 569 g/mol. The van der Waals surface area contributed by atoms with E-state index in [1.165, 1.54) is 12.1 Å². The molecule has 3 heterocycles. The summed E-state index contributed by atoms with van der Waals surface area (Å²) in [5.41, 5.74) is 1.88. The molecule has 1 N–H and O–H groups in total.